The summed E-state index contributed by atoms with van der Waals surface area (Å²) in [5.41, 5.74) is 0.578. The second kappa shape index (κ2) is 7.11. The van der Waals surface area contributed by atoms with Gasteiger partial charge in [0, 0.05) is 18.2 Å². The first-order chi connectivity index (χ1) is 8.50. The Morgan fingerprint density at radius 2 is 1.94 bits per heavy atom. The number of rotatable bonds is 6. The lowest BCUT2D eigenvalue weighted by Crippen LogP contribution is -2.36. The van der Waals surface area contributed by atoms with Crippen molar-refractivity contribution in [1.82, 2.24) is 10.6 Å². The molecule has 0 aliphatic heterocycles. The maximum atomic E-state index is 13.5. The van der Waals surface area contributed by atoms with Crippen LogP contribution in [-0.2, 0) is 4.79 Å². The van der Waals surface area contributed by atoms with Gasteiger partial charge in [-0.2, -0.15) is 0 Å². The third kappa shape index (κ3) is 4.84. The first-order valence-corrected chi connectivity index (χ1v) is 6.25. The van der Waals surface area contributed by atoms with Crippen LogP contribution in [0.5, 0.6) is 0 Å². The summed E-state index contributed by atoms with van der Waals surface area (Å²) in [5, 5.41) is 5.82. The summed E-state index contributed by atoms with van der Waals surface area (Å²) >= 11 is 0. The molecule has 1 rings (SSSR count). The van der Waals surface area contributed by atoms with Crippen LogP contribution in [-0.4, -0.2) is 19.0 Å². The zero-order valence-electron chi connectivity index (χ0n) is 11.2. The molecule has 1 amide bonds. The van der Waals surface area contributed by atoms with Gasteiger partial charge in [-0.15, -0.1) is 0 Å². The largest absolute Gasteiger partial charge is 0.355 e. The molecule has 0 aromatic heterocycles. The minimum absolute atomic E-state index is 0.0631. The van der Waals surface area contributed by atoms with Crippen LogP contribution in [0.2, 0.25) is 0 Å². The van der Waals surface area contributed by atoms with Crippen molar-refractivity contribution >= 4 is 5.91 Å². The molecule has 1 aromatic rings. The number of amides is 1. The van der Waals surface area contributed by atoms with E-state index in [-0.39, 0.29) is 24.3 Å². The van der Waals surface area contributed by atoms with Crippen LogP contribution >= 0.6 is 0 Å². The smallest absolute Gasteiger partial charge is 0.233 e. The normalized spacial score (nSPS) is 12.5. The first kappa shape index (κ1) is 14.6. The topological polar surface area (TPSA) is 41.1 Å². The molecule has 0 fully saturated rings. The fourth-order valence-corrected chi connectivity index (χ4v) is 1.56. The molecule has 18 heavy (non-hydrogen) atoms. The molecule has 100 valence electrons. The lowest BCUT2D eigenvalue weighted by Gasteiger charge is -2.15. The van der Waals surface area contributed by atoms with Gasteiger partial charge in [0.15, 0.2) is 0 Å². The van der Waals surface area contributed by atoms with Gasteiger partial charge in [-0.1, -0.05) is 32.0 Å². The SMILES string of the molecule is CC(C)CNC(=O)CNC(C)c1ccccc1F. The Kier molecular flexibility index (Phi) is 5.78. The van der Waals surface area contributed by atoms with E-state index in [2.05, 4.69) is 10.6 Å². The summed E-state index contributed by atoms with van der Waals surface area (Å²) in [7, 11) is 0. The van der Waals surface area contributed by atoms with Gasteiger partial charge in [-0.25, -0.2) is 4.39 Å². The van der Waals surface area contributed by atoms with Gasteiger partial charge >= 0.3 is 0 Å². The monoisotopic (exact) mass is 252 g/mol. The van der Waals surface area contributed by atoms with E-state index < -0.39 is 0 Å². The molecular formula is C14H21FN2O. The summed E-state index contributed by atoms with van der Waals surface area (Å²) < 4.78 is 13.5. The highest BCUT2D eigenvalue weighted by molar-refractivity contribution is 5.78. The molecule has 0 aliphatic carbocycles. The van der Waals surface area contributed by atoms with Crippen LogP contribution < -0.4 is 10.6 Å². The third-order valence-electron chi connectivity index (χ3n) is 2.65. The summed E-state index contributed by atoms with van der Waals surface area (Å²) in [6, 6.07) is 6.40. The fourth-order valence-electron chi connectivity index (χ4n) is 1.56. The Balaban J connectivity index is 2.39. The number of nitrogens with one attached hydrogen (secondary N) is 2. The summed E-state index contributed by atoms with van der Waals surface area (Å²) in [6.07, 6.45) is 0. The molecule has 3 nitrogen and oxygen atoms in total. The molecule has 1 aromatic carbocycles. The fraction of sp³-hybridized carbons (Fsp3) is 0.500. The van der Waals surface area contributed by atoms with Crippen molar-refractivity contribution in [2.45, 2.75) is 26.8 Å². The average Bonchev–Trinajstić information content (AvgIpc) is 2.34. The molecule has 0 saturated heterocycles. The van der Waals surface area contributed by atoms with Crippen molar-refractivity contribution in [3.05, 3.63) is 35.6 Å². The van der Waals surface area contributed by atoms with Gasteiger partial charge < -0.3 is 10.6 Å². The molecule has 2 N–H and O–H groups in total. The highest BCUT2D eigenvalue weighted by Gasteiger charge is 2.11. The maximum absolute atomic E-state index is 13.5. The van der Waals surface area contributed by atoms with E-state index >= 15 is 0 Å². The maximum Gasteiger partial charge on any atom is 0.233 e. The molecule has 0 heterocycles. The Bertz CT molecular complexity index is 393. The van der Waals surface area contributed by atoms with E-state index in [0.717, 1.165) is 0 Å². The number of carbonyl (C=O) groups excluding carboxylic acids is 1. The van der Waals surface area contributed by atoms with E-state index in [9.17, 15) is 9.18 Å². The van der Waals surface area contributed by atoms with Crippen molar-refractivity contribution in [1.29, 1.82) is 0 Å². The molecule has 0 spiro atoms. The predicted octanol–water partition coefficient (Wildman–Crippen LogP) is 2.25. The quantitative estimate of drug-likeness (QED) is 0.815. The summed E-state index contributed by atoms with van der Waals surface area (Å²) in [5.74, 6) is 0.116. The number of hydrogen-bond donors (Lipinski definition) is 2. The average molecular weight is 252 g/mol. The van der Waals surface area contributed by atoms with Crippen molar-refractivity contribution in [2.75, 3.05) is 13.1 Å². The van der Waals surface area contributed by atoms with Crippen LogP contribution in [0.3, 0.4) is 0 Å². The molecule has 4 heteroatoms. The Labute approximate surface area is 108 Å². The van der Waals surface area contributed by atoms with E-state index in [1.807, 2.05) is 20.8 Å². The van der Waals surface area contributed by atoms with Crippen molar-refractivity contribution in [3.8, 4) is 0 Å². The van der Waals surface area contributed by atoms with Gasteiger partial charge in [0.2, 0.25) is 5.91 Å². The molecule has 1 unspecified atom stereocenters. The third-order valence-corrected chi connectivity index (χ3v) is 2.65. The minimum Gasteiger partial charge on any atom is -0.355 e. The van der Waals surface area contributed by atoms with Crippen molar-refractivity contribution in [3.63, 3.8) is 0 Å². The van der Waals surface area contributed by atoms with Gasteiger partial charge in [0.05, 0.1) is 6.54 Å². The second-order valence-corrected chi connectivity index (χ2v) is 4.82. The van der Waals surface area contributed by atoms with E-state index in [0.29, 0.717) is 18.0 Å². The molecule has 0 saturated carbocycles. The minimum atomic E-state index is -0.250. The van der Waals surface area contributed by atoms with Gasteiger partial charge in [-0.05, 0) is 18.9 Å². The van der Waals surface area contributed by atoms with Crippen molar-refractivity contribution in [2.24, 2.45) is 5.92 Å². The van der Waals surface area contributed by atoms with Gasteiger partial charge in [0.1, 0.15) is 5.82 Å². The Morgan fingerprint density at radius 1 is 1.28 bits per heavy atom. The lowest BCUT2D eigenvalue weighted by atomic mass is 10.1. The van der Waals surface area contributed by atoms with Crippen LogP contribution in [0.1, 0.15) is 32.4 Å². The van der Waals surface area contributed by atoms with Gasteiger partial charge in [0.25, 0.3) is 0 Å². The molecular weight excluding hydrogens is 231 g/mol. The van der Waals surface area contributed by atoms with E-state index in [1.165, 1.54) is 6.07 Å². The highest BCUT2D eigenvalue weighted by Crippen LogP contribution is 2.15. The summed E-state index contributed by atoms with van der Waals surface area (Å²) in [6.45, 7) is 6.77. The standard InChI is InChI=1S/C14H21FN2O/c1-10(2)8-17-14(18)9-16-11(3)12-6-4-5-7-13(12)15/h4-7,10-11,16H,8-9H2,1-3H3,(H,17,18). The molecule has 0 aliphatic rings. The van der Waals surface area contributed by atoms with E-state index in [1.54, 1.807) is 18.2 Å². The number of hydrogen-bond acceptors (Lipinski definition) is 2. The highest BCUT2D eigenvalue weighted by atomic mass is 19.1. The predicted molar refractivity (Wildman–Crippen MR) is 70.7 cm³/mol. The van der Waals surface area contributed by atoms with Crippen LogP contribution in [0.15, 0.2) is 24.3 Å². The number of halogens is 1. The van der Waals surface area contributed by atoms with Gasteiger partial charge in [-0.3, -0.25) is 4.79 Å². The van der Waals surface area contributed by atoms with Crippen LogP contribution in [0, 0.1) is 11.7 Å². The molecule has 1 atom stereocenters. The Morgan fingerprint density at radius 3 is 2.56 bits per heavy atom. The zero-order chi connectivity index (χ0) is 13.5. The van der Waals surface area contributed by atoms with Crippen molar-refractivity contribution < 1.29 is 9.18 Å². The van der Waals surface area contributed by atoms with Crippen LogP contribution in [0.25, 0.3) is 0 Å². The summed E-state index contributed by atoms with van der Waals surface area (Å²) in [4.78, 5) is 11.5. The molecule has 0 radical (unpaired) electrons. The van der Waals surface area contributed by atoms with E-state index in [4.69, 9.17) is 0 Å². The molecule has 0 bridgehead atoms. The lowest BCUT2D eigenvalue weighted by molar-refractivity contribution is -0.120. The second-order valence-electron chi connectivity index (χ2n) is 4.82. The number of carbonyl (C=O) groups is 1. The first-order valence-electron chi connectivity index (χ1n) is 6.25. The number of benzene rings is 1. The Hall–Kier alpha value is -1.42. The zero-order valence-corrected chi connectivity index (χ0v) is 11.2. The van der Waals surface area contributed by atoms with Crippen LogP contribution in [0.4, 0.5) is 4.39 Å².